The topological polar surface area (TPSA) is 235 Å². The molecule has 4 aromatic heterocycles. The van der Waals surface area contributed by atoms with E-state index in [9.17, 15) is 24.0 Å². The fraction of sp³-hybridized carbons (Fsp3) is 0.431. The molecule has 12 rings (SSSR count). The van der Waals surface area contributed by atoms with Gasteiger partial charge in [-0.05, 0) is 113 Å². The molecule has 3 atom stereocenters. The minimum absolute atomic E-state index is 0.0279. The SMILES string of the molecule is Cc1sc2c(c1C)C(c1ccc(Cl)cc1)=N[C@@H](CC(=O)N1CCC(C(=O)N3CCC[C@@H]4C[C@@]43C(=O)N3CCC(c4nn(CC(=O)NCC(=O)NCC(=O)O)c5cccc(-c6cc7c(cnn7C)cc6F)c45)CC3)CC1)c1nnc(C)n1-2. The summed E-state index contributed by atoms with van der Waals surface area (Å²) < 4.78 is 21.4. The van der Waals surface area contributed by atoms with Crippen LogP contribution in [0.3, 0.4) is 0 Å². The first-order valence-electron chi connectivity index (χ1n) is 27.6. The highest BCUT2D eigenvalue weighted by Crippen LogP contribution is 2.56. The lowest BCUT2D eigenvalue weighted by atomic mass is 9.88. The summed E-state index contributed by atoms with van der Waals surface area (Å²) in [7, 11) is 1.79. The number of aryl methyl sites for hydroxylation is 3. The Morgan fingerprint density at radius 2 is 1.59 bits per heavy atom. The van der Waals surface area contributed by atoms with Crippen molar-refractivity contribution in [3.63, 3.8) is 0 Å². The molecule has 0 radical (unpaired) electrons. The van der Waals surface area contributed by atoms with Crippen LogP contribution in [0.2, 0.25) is 5.02 Å². The fourth-order valence-electron chi connectivity index (χ4n) is 12.9. The Hall–Kier alpha value is -7.85. The number of benzene rings is 3. The summed E-state index contributed by atoms with van der Waals surface area (Å²) in [4.78, 5) is 92.8. The monoisotopic (exact) mass is 1140 g/mol. The van der Waals surface area contributed by atoms with E-state index in [1.807, 2.05) is 62.6 Å². The zero-order chi connectivity index (χ0) is 56.6. The number of amides is 5. The molecule has 420 valence electrons. The molecule has 0 unspecified atom stereocenters. The maximum absolute atomic E-state index is 16.2. The van der Waals surface area contributed by atoms with Crippen molar-refractivity contribution in [1.29, 1.82) is 0 Å². The highest BCUT2D eigenvalue weighted by Gasteiger charge is 2.67. The molecule has 1 saturated carbocycles. The first kappa shape index (κ1) is 53.8. The number of carboxylic acid groups (broad SMARTS) is 1. The van der Waals surface area contributed by atoms with Gasteiger partial charge in [-0.25, -0.2) is 4.39 Å². The molecular formula is C58H61ClFN13O7S. The van der Waals surface area contributed by atoms with Crippen LogP contribution in [0.1, 0.15) is 102 Å². The highest BCUT2D eigenvalue weighted by molar-refractivity contribution is 7.15. The number of carbonyl (C=O) groups excluding carboxylic acids is 5. The molecule has 1 aliphatic carbocycles. The molecule has 0 spiro atoms. The van der Waals surface area contributed by atoms with Crippen LogP contribution >= 0.6 is 22.9 Å². The van der Waals surface area contributed by atoms with Gasteiger partial charge in [0.25, 0.3) is 0 Å². The number of carbonyl (C=O) groups is 6. The van der Waals surface area contributed by atoms with Gasteiger partial charge in [0.05, 0.1) is 41.6 Å². The summed E-state index contributed by atoms with van der Waals surface area (Å²) in [6, 6.07) is 15.6. The van der Waals surface area contributed by atoms with E-state index in [0.29, 0.717) is 115 Å². The first-order valence-corrected chi connectivity index (χ1v) is 28.8. The molecule has 0 bridgehead atoms. The van der Waals surface area contributed by atoms with E-state index in [4.69, 9.17) is 26.8 Å². The van der Waals surface area contributed by atoms with Crippen molar-refractivity contribution in [1.82, 2.24) is 59.7 Å². The number of carboxylic acids is 1. The van der Waals surface area contributed by atoms with E-state index in [2.05, 4.69) is 39.8 Å². The number of likely N-dealkylation sites (tertiary alicyclic amines) is 3. The van der Waals surface area contributed by atoms with E-state index in [-0.39, 0.29) is 48.4 Å². The maximum atomic E-state index is 16.2. The van der Waals surface area contributed by atoms with Gasteiger partial charge in [-0.1, -0.05) is 35.9 Å². The average molecular weight is 1140 g/mol. The molecule has 5 aliphatic rings. The maximum Gasteiger partial charge on any atom is 0.322 e. The molecule has 4 fully saturated rings. The second kappa shape index (κ2) is 21.2. The smallest absolute Gasteiger partial charge is 0.322 e. The molecule has 81 heavy (non-hydrogen) atoms. The van der Waals surface area contributed by atoms with Crippen LogP contribution in [-0.4, -0.2) is 147 Å². The predicted molar refractivity (Wildman–Crippen MR) is 301 cm³/mol. The van der Waals surface area contributed by atoms with Crippen molar-refractivity contribution in [2.45, 2.75) is 96.2 Å². The van der Waals surface area contributed by atoms with Gasteiger partial charge in [0, 0.05) is 89.0 Å². The van der Waals surface area contributed by atoms with Crippen LogP contribution in [0.15, 0.2) is 65.8 Å². The molecule has 3 aromatic carbocycles. The Kier molecular flexibility index (Phi) is 14.1. The Morgan fingerprint density at radius 1 is 0.852 bits per heavy atom. The van der Waals surface area contributed by atoms with Crippen molar-refractivity contribution in [2.75, 3.05) is 45.8 Å². The second-order valence-electron chi connectivity index (χ2n) is 22.1. The molecule has 4 aliphatic heterocycles. The zero-order valence-corrected chi connectivity index (χ0v) is 46.9. The Balaban J connectivity index is 0.736. The number of fused-ring (bicyclic) bond motifs is 6. The lowest BCUT2D eigenvalue weighted by Crippen LogP contribution is -2.59. The molecule has 7 aromatic rings. The van der Waals surface area contributed by atoms with E-state index >= 15 is 9.18 Å². The zero-order valence-electron chi connectivity index (χ0n) is 45.4. The third-order valence-corrected chi connectivity index (χ3v) is 18.8. The number of aliphatic imine (C=N–C) groups is 1. The van der Waals surface area contributed by atoms with Gasteiger partial charge in [0.1, 0.15) is 41.3 Å². The molecule has 3 saturated heterocycles. The van der Waals surface area contributed by atoms with E-state index < -0.39 is 48.3 Å². The van der Waals surface area contributed by atoms with Crippen molar-refractivity contribution in [3.8, 4) is 16.1 Å². The number of hydrogen-bond donors (Lipinski definition) is 3. The normalized spacial score (nSPS) is 20.1. The van der Waals surface area contributed by atoms with Gasteiger partial charge in [-0.2, -0.15) is 10.2 Å². The van der Waals surface area contributed by atoms with Crippen LogP contribution in [-0.2, 0) is 42.4 Å². The van der Waals surface area contributed by atoms with Crippen molar-refractivity contribution in [2.24, 2.45) is 23.9 Å². The Bertz CT molecular complexity index is 3760. The summed E-state index contributed by atoms with van der Waals surface area (Å²) >= 11 is 7.98. The quantitative estimate of drug-likeness (QED) is 0.112. The lowest BCUT2D eigenvalue weighted by molar-refractivity contribution is -0.154. The number of aromatic nitrogens is 7. The Labute approximate surface area is 474 Å². The van der Waals surface area contributed by atoms with Crippen molar-refractivity contribution in [3.05, 3.63) is 111 Å². The largest absolute Gasteiger partial charge is 0.480 e. The molecule has 5 amide bonds. The molecule has 20 nitrogen and oxygen atoms in total. The molecule has 23 heteroatoms. The second-order valence-corrected chi connectivity index (χ2v) is 23.8. The van der Waals surface area contributed by atoms with Crippen LogP contribution < -0.4 is 10.6 Å². The third kappa shape index (κ3) is 9.72. The van der Waals surface area contributed by atoms with E-state index in [0.717, 1.165) is 50.6 Å². The minimum atomic E-state index is -1.22. The number of rotatable bonds is 13. The highest BCUT2D eigenvalue weighted by atomic mass is 35.5. The van der Waals surface area contributed by atoms with Crippen LogP contribution in [0.4, 0.5) is 4.39 Å². The number of hydrogen-bond acceptors (Lipinski definition) is 12. The van der Waals surface area contributed by atoms with Crippen LogP contribution in [0, 0.1) is 38.4 Å². The lowest BCUT2D eigenvalue weighted by Gasteiger charge is -2.43. The number of halogens is 2. The van der Waals surface area contributed by atoms with Gasteiger partial charge < -0.3 is 30.4 Å². The van der Waals surface area contributed by atoms with Crippen molar-refractivity contribution < 1.29 is 38.3 Å². The standard InChI is InChI=1S/C58H61ClFN13O7S/c1-31-32(2)81-56-50(31)52(34-10-12-39(59)13-11-34)64-43(54-66-65-33(3)73(54)56)25-48(76)69-19-16-36(17-20-69)55(79)71-18-6-7-38-26-58(38,71)57(80)70-21-14-35(15-22-70)53-51-40(41-24-45-37(23-42(41)60)27-63-68(45)4)8-5-9-44(51)72(67-53)30-47(75)61-28-46(74)62-29-49(77)78/h5,8-13,23-24,27,35-36,38,43H,6-7,14-22,25-26,28-30H2,1-4H3,(H,61,75)(H,62,74)(H,77,78)/t38-,43+,58+/m1/s1. The third-order valence-electron chi connectivity index (χ3n) is 17.3. The first-order chi connectivity index (χ1) is 39.0. The van der Waals surface area contributed by atoms with Crippen LogP contribution in [0.25, 0.3) is 37.9 Å². The summed E-state index contributed by atoms with van der Waals surface area (Å²) in [5.74, 6) is -2.19. The number of nitrogens with zero attached hydrogens (tertiary/aromatic N) is 11. The number of piperidine rings is 3. The Morgan fingerprint density at radius 3 is 2.35 bits per heavy atom. The summed E-state index contributed by atoms with van der Waals surface area (Å²) in [6.45, 7) is 6.86. The van der Waals surface area contributed by atoms with Gasteiger partial charge in [0.2, 0.25) is 29.5 Å². The molecule has 3 N–H and O–H groups in total. The van der Waals surface area contributed by atoms with Gasteiger partial charge in [-0.15, -0.1) is 21.5 Å². The minimum Gasteiger partial charge on any atom is -0.480 e. The molecular weight excluding hydrogens is 1080 g/mol. The van der Waals surface area contributed by atoms with Gasteiger partial charge in [0.15, 0.2) is 5.82 Å². The van der Waals surface area contributed by atoms with Crippen molar-refractivity contribution >= 4 is 86.0 Å². The average Bonchev–Trinajstić information content (AvgIpc) is 3.68. The predicted octanol–water partition coefficient (Wildman–Crippen LogP) is 6.58. The number of nitrogens with one attached hydrogen (secondary N) is 2. The summed E-state index contributed by atoms with van der Waals surface area (Å²) in [5, 5.41) is 35.0. The van der Waals surface area contributed by atoms with Gasteiger partial charge in [-0.3, -0.25) is 47.7 Å². The van der Waals surface area contributed by atoms with Crippen LogP contribution in [0.5, 0.6) is 0 Å². The number of aliphatic carboxylic acids is 1. The number of thiophene rings is 1. The van der Waals surface area contributed by atoms with Gasteiger partial charge >= 0.3 is 5.97 Å². The fourth-order valence-corrected chi connectivity index (χ4v) is 14.2. The molecule has 8 heterocycles. The summed E-state index contributed by atoms with van der Waals surface area (Å²) in [5.41, 5.74) is 5.69. The van der Waals surface area contributed by atoms with E-state index in [1.54, 1.807) is 41.4 Å². The summed E-state index contributed by atoms with van der Waals surface area (Å²) in [6.07, 6.45) is 5.94. The van der Waals surface area contributed by atoms with E-state index in [1.165, 1.54) is 10.7 Å².